The van der Waals surface area contributed by atoms with Gasteiger partial charge in [0, 0.05) is 10.9 Å². The van der Waals surface area contributed by atoms with E-state index < -0.39 is 5.41 Å². The number of hydrogen-bond acceptors (Lipinski definition) is 1. The van der Waals surface area contributed by atoms with Gasteiger partial charge in [0.25, 0.3) is 0 Å². The third-order valence-electron chi connectivity index (χ3n) is 11.9. The molecule has 0 bridgehead atoms. The highest BCUT2D eigenvalue weighted by Crippen LogP contribution is 2.64. The van der Waals surface area contributed by atoms with E-state index in [0.717, 1.165) is 17.1 Å². The van der Waals surface area contributed by atoms with E-state index in [1.54, 1.807) is 0 Å². The Kier molecular flexibility index (Phi) is 5.49. The second-order valence-electron chi connectivity index (χ2n) is 14.3. The zero-order valence-corrected chi connectivity index (χ0v) is 28.2. The summed E-state index contributed by atoms with van der Waals surface area (Å²) in [5.74, 6) is 1.82. The van der Waals surface area contributed by atoms with Gasteiger partial charge in [-0.05, 0) is 119 Å². The van der Waals surface area contributed by atoms with Crippen LogP contribution in [-0.4, -0.2) is 0 Å². The standard InChI is InChI=1S/C51H30O/c1-2-13-33-30-46-41(28-32(33)12-1)37-18-5-7-22-43(37)51(46)44-23-8-6-19-40(44)50-38(21-11-24-45(50)51)36-17-4-3-16-35(36)34-26-27-47-42(29-34)39-20-9-14-31-15-10-25-48(52-47)49(31)39/h1-30H. The van der Waals surface area contributed by atoms with E-state index in [1.165, 1.54) is 93.9 Å². The molecule has 2 aliphatic carbocycles. The number of benzene rings is 9. The molecule has 1 heterocycles. The minimum absolute atomic E-state index is 0.415. The third-order valence-corrected chi connectivity index (χ3v) is 11.9. The number of ether oxygens (including phenoxy) is 1. The fourth-order valence-corrected chi connectivity index (χ4v) is 9.80. The van der Waals surface area contributed by atoms with Crippen LogP contribution in [0.25, 0.3) is 77.2 Å². The van der Waals surface area contributed by atoms with Gasteiger partial charge in [0.05, 0.1) is 5.41 Å². The maximum absolute atomic E-state index is 6.49. The van der Waals surface area contributed by atoms with E-state index in [2.05, 4.69) is 182 Å². The van der Waals surface area contributed by atoms with Crippen LogP contribution in [0.2, 0.25) is 0 Å². The molecule has 52 heavy (non-hydrogen) atoms. The van der Waals surface area contributed by atoms with Gasteiger partial charge in [0.2, 0.25) is 0 Å². The van der Waals surface area contributed by atoms with Crippen LogP contribution < -0.4 is 4.74 Å². The monoisotopic (exact) mass is 658 g/mol. The van der Waals surface area contributed by atoms with Gasteiger partial charge < -0.3 is 4.74 Å². The zero-order chi connectivity index (χ0) is 34.0. The van der Waals surface area contributed by atoms with Crippen molar-refractivity contribution in [2.24, 2.45) is 0 Å². The maximum Gasteiger partial charge on any atom is 0.135 e. The third kappa shape index (κ3) is 3.52. The van der Waals surface area contributed by atoms with Crippen molar-refractivity contribution < 1.29 is 4.74 Å². The molecule has 1 spiro atoms. The summed E-state index contributed by atoms with van der Waals surface area (Å²) in [6, 6.07) is 67.3. The van der Waals surface area contributed by atoms with Crippen LogP contribution in [0.5, 0.6) is 11.5 Å². The molecular weight excluding hydrogens is 629 g/mol. The summed E-state index contributed by atoms with van der Waals surface area (Å²) in [4.78, 5) is 0. The highest BCUT2D eigenvalue weighted by atomic mass is 16.5. The van der Waals surface area contributed by atoms with Gasteiger partial charge in [0.15, 0.2) is 0 Å². The first-order valence-electron chi connectivity index (χ1n) is 18.1. The Balaban J connectivity index is 1.11. The van der Waals surface area contributed by atoms with Crippen molar-refractivity contribution in [3.05, 3.63) is 204 Å². The summed E-state index contributed by atoms with van der Waals surface area (Å²) in [6.07, 6.45) is 0. The first-order chi connectivity index (χ1) is 25.8. The quantitative estimate of drug-likeness (QED) is 0.180. The van der Waals surface area contributed by atoms with E-state index in [-0.39, 0.29) is 0 Å². The molecular formula is C51H30O. The van der Waals surface area contributed by atoms with E-state index in [1.807, 2.05) is 0 Å². The molecule has 1 heteroatoms. The first-order valence-corrected chi connectivity index (χ1v) is 18.1. The molecule has 1 atom stereocenters. The predicted octanol–water partition coefficient (Wildman–Crippen LogP) is 13.4. The number of rotatable bonds is 2. The lowest BCUT2D eigenvalue weighted by atomic mass is 9.70. The number of hydrogen-bond donors (Lipinski definition) is 0. The van der Waals surface area contributed by atoms with Gasteiger partial charge in [-0.1, -0.05) is 152 Å². The topological polar surface area (TPSA) is 9.23 Å². The summed E-state index contributed by atoms with van der Waals surface area (Å²) >= 11 is 0. The molecule has 240 valence electrons. The van der Waals surface area contributed by atoms with Crippen molar-refractivity contribution >= 4 is 21.5 Å². The van der Waals surface area contributed by atoms with Crippen molar-refractivity contribution in [3.63, 3.8) is 0 Å². The Morgan fingerprint density at radius 2 is 0.904 bits per heavy atom. The SMILES string of the molecule is c1ccc(-c2cccc3c2-c2ccccc2C32c3ccccc3-c3cc4ccccc4cc32)c(-c2ccc3c(c2)-c2cccc4cccc(c24)O3)c1. The van der Waals surface area contributed by atoms with Crippen LogP contribution in [0.3, 0.4) is 0 Å². The van der Waals surface area contributed by atoms with E-state index in [9.17, 15) is 0 Å². The molecule has 0 radical (unpaired) electrons. The van der Waals surface area contributed by atoms with Gasteiger partial charge in [-0.2, -0.15) is 0 Å². The second kappa shape index (κ2) is 10.2. The Labute approximate surface area is 302 Å². The summed E-state index contributed by atoms with van der Waals surface area (Å²) < 4.78 is 6.49. The lowest BCUT2D eigenvalue weighted by Gasteiger charge is -2.30. The van der Waals surface area contributed by atoms with Crippen molar-refractivity contribution in [3.8, 4) is 67.1 Å². The van der Waals surface area contributed by atoms with Crippen LogP contribution in [0.1, 0.15) is 22.3 Å². The highest BCUT2D eigenvalue weighted by molar-refractivity contribution is 6.06. The Morgan fingerprint density at radius 3 is 1.75 bits per heavy atom. The van der Waals surface area contributed by atoms with Crippen molar-refractivity contribution in [1.82, 2.24) is 0 Å². The van der Waals surface area contributed by atoms with Gasteiger partial charge in [-0.15, -0.1) is 0 Å². The van der Waals surface area contributed by atoms with Crippen LogP contribution >= 0.6 is 0 Å². The molecule has 0 aromatic heterocycles. The summed E-state index contributed by atoms with van der Waals surface area (Å²) in [7, 11) is 0. The summed E-state index contributed by atoms with van der Waals surface area (Å²) in [5, 5.41) is 4.92. The van der Waals surface area contributed by atoms with E-state index >= 15 is 0 Å². The minimum atomic E-state index is -0.415. The fourth-order valence-electron chi connectivity index (χ4n) is 9.80. The molecule has 1 nitrogen and oxygen atoms in total. The van der Waals surface area contributed by atoms with Crippen molar-refractivity contribution in [2.75, 3.05) is 0 Å². The molecule has 1 aliphatic heterocycles. The molecule has 9 aromatic carbocycles. The van der Waals surface area contributed by atoms with Crippen LogP contribution in [0, 0.1) is 0 Å². The van der Waals surface area contributed by atoms with Gasteiger partial charge >= 0.3 is 0 Å². The smallest absolute Gasteiger partial charge is 0.135 e. The maximum atomic E-state index is 6.49. The van der Waals surface area contributed by atoms with Crippen LogP contribution in [0.4, 0.5) is 0 Å². The largest absolute Gasteiger partial charge is 0.456 e. The van der Waals surface area contributed by atoms with E-state index in [4.69, 9.17) is 4.74 Å². The Bertz CT molecular complexity index is 3000. The van der Waals surface area contributed by atoms with Gasteiger partial charge in [0.1, 0.15) is 11.5 Å². The van der Waals surface area contributed by atoms with Crippen LogP contribution in [-0.2, 0) is 5.41 Å². The van der Waals surface area contributed by atoms with Gasteiger partial charge in [-0.3, -0.25) is 0 Å². The lowest BCUT2D eigenvalue weighted by Crippen LogP contribution is -2.25. The average Bonchev–Trinajstić information content (AvgIpc) is 3.67. The van der Waals surface area contributed by atoms with Crippen molar-refractivity contribution in [2.45, 2.75) is 5.41 Å². The average molecular weight is 659 g/mol. The highest BCUT2D eigenvalue weighted by Gasteiger charge is 2.52. The van der Waals surface area contributed by atoms with Crippen molar-refractivity contribution in [1.29, 1.82) is 0 Å². The fraction of sp³-hybridized carbons (Fsp3) is 0.0196. The van der Waals surface area contributed by atoms with Gasteiger partial charge in [-0.25, -0.2) is 0 Å². The Morgan fingerprint density at radius 1 is 0.308 bits per heavy atom. The summed E-state index contributed by atoms with van der Waals surface area (Å²) in [5.41, 5.74) is 17.5. The molecule has 9 aromatic rings. The number of fused-ring (bicyclic) bond motifs is 13. The first kappa shape index (κ1) is 28.0. The predicted molar refractivity (Wildman–Crippen MR) is 214 cm³/mol. The molecule has 12 rings (SSSR count). The van der Waals surface area contributed by atoms with E-state index in [0.29, 0.717) is 0 Å². The molecule has 0 saturated carbocycles. The zero-order valence-electron chi connectivity index (χ0n) is 28.2. The molecule has 0 saturated heterocycles. The summed E-state index contributed by atoms with van der Waals surface area (Å²) in [6.45, 7) is 0. The normalized spacial score (nSPS) is 15.5. The second-order valence-corrected chi connectivity index (χ2v) is 14.3. The molecule has 0 fully saturated rings. The van der Waals surface area contributed by atoms with Crippen LogP contribution in [0.15, 0.2) is 182 Å². The lowest BCUT2D eigenvalue weighted by molar-refractivity contribution is 0.487. The molecule has 1 unspecified atom stereocenters. The molecule has 3 aliphatic rings. The Hall–Kier alpha value is -6.70. The molecule has 0 N–H and O–H groups in total. The minimum Gasteiger partial charge on any atom is -0.456 e. The molecule has 0 amide bonds.